The van der Waals surface area contributed by atoms with Crippen molar-refractivity contribution in [1.29, 1.82) is 0 Å². The summed E-state index contributed by atoms with van der Waals surface area (Å²) >= 11 is 6.11. The summed E-state index contributed by atoms with van der Waals surface area (Å²) in [5, 5.41) is 3.39. The van der Waals surface area contributed by atoms with E-state index in [9.17, 15) is 9.59 Å². The molecular formula is C23H29ClN2O3. The van der Waals surface area contributed by atoms with Crippen LogP contribution in [-0.2, 0) is 16.1 Å². The number of carbonyl (C=O) groups excluding carboxylic acids is 2. The van der Waals surface area contributed by atoms with Gasteiger partial charge in [0.1, 0.15) is 11.8 Å². The number of halogens is 1. The Hall–Kier alpha value is -2.53. The van der Waals surface area contributed by atoms with Crippen LogP contribution in [0.4, 0.5) is 0 Å². The smallest absolute Gasteiger partial charge is 0.261 e. The van der Waals surface area contributed by atoms with Crippen molar-refractivity contribution in [3.05, 3.63) is 64.7 Å². The van der Waals surface area contributed by atoms with Crippen LogP contribution in [0.25, 0.3) is 0 Å². The topological polar surface area (TPSA) is 58.6 Å². The van der Waals surface area contributed by atoms with E-state index in [0.29, 0.717) is 17.3 Å². The molecule has 0 heterocycles. The number of hydrogen-bond donors (Lipinski definition) is 1. The van der Waals surface area contributed by atoms with Gasteiger partial charge in [-0.05, 0) is 50.5 Å². The summed E-state index contributed by atoms with van der Waals surface area (Å²) in [7, 11) is 0. The highest BCUT2D eigenvalue weighted by atomic mass is 35.5. The molecule has 156 valence electrons. The molecule has 0 spiro atoms. The third-order valence-electron chi connectivity index (χ3n) is 4.96. The molecule has 0 bridgehead atoms. The molecule has 1 N–H and O–H groups in total. The number of nitrogens with one attached hydrogen (secondary N) is 1. The zero-order valence-corrected chi connectivity index (χ0v) is 18.2. The molecule has 0 aromatic heterocycles. The van der Waals surface area contributed by atoms with Crippen LogP contribution in [0.3, 0.4) is 0 Å². The zero-order chi connectivity index (χ0) is 21.4. The lowest BCUT2D eigenvalue weighted by molar-refractivity contribution is -0.142. The van der Waals surface area contributed by atoms with Crippen LogP contribution in [0.5, 0.6) is 5.75 Å². The molecule has 0 fully saturated rings. The Labute approximate surface area is 178 Å². The van der Waals surface area contributed by atoms with E-state index in [0.717, 1.165) is 17.5 Å². The summed E-state index contributed by atoms with van der Waals surface area (Å²) in [4.78, 5) is 27.3. The zero-order valence-electron chi connectivity index (χ0n) is 17.4. The number of nitrogens with zero attached hydrogens (tertiary/aromatic N) is 1. The predicted octanol–water partition coefficient (Wildman–Crippen LogP) is 4.36. The van der Waals surface area contributed by atoms with E-state index in [1.807, 2.05) is 45.0 Å². The summed E-state index contributed by atoms with van der Waals surface area (Å²) in [5.41, 5.74) is 2.05. The highest BCUT2D eigenvalue weighted by Gasteiger charge is 2.27. The molecule has 0 saturated heterocycles. The fourth-order valence-electron chi connectivity index (χ4n) is 2.80. The number of rotatable bonds is 9. The monoisotopic (exact) mass is 416 g/mol. The van der Waals surface area contributed by atoms with E-state index in [1.165, 1.54) is 0 Å². The van der Waals surface area contributed by atoms with Gasteiger partial charge in [0.15, 0.2) is 6.61 Å². The summed E-state index contributed by atoms with van der Waals surface area (Å²) in [6, 6.07) is 14.2. The molecule has 5 nitrogen and oxygen atoms in total. The number of para-hydroxylation sites is 1. The van der Waals surface area contributed by atoms with Gasteiger partial charge in [-0.2, -0.15) is 0 Å². The van der Waals surface area contributed by atoms with Crippen molar-refractivity contribution in [3.8, 4) is 5.75 Å². The highest BCUT2D eigenvalue weighted by Crippen LogP contribution is 2.23. The standard InChI is InChI=1S/C23H29ClN2O3/c1-5-17(3)25-23(28)18(4)26(14-19-11-7-6-10-16(19)2)22(27)15-29-21-13-9-8-12-20(21)24/h6-13,17-18H,5,14-15H2,1-4H3,(H,25,28)/t17-,18-/m1/s1. The van der Waals surface area contributed by atoms with Crippen molar-refractivity contribution in [2.75, 3.05) is 6.61 Å². The average molecular weight is 417 g/mol. The minimum atomic E-state index is -0.633. The van der Waals surface area contributed by atoms with Crippen LogP contribution in [0.1, 0.15) is 38.3 Å². The molecule has 0 aliphatic rings. The van der Waals surface area contributed by atoms with E-state index in [2.05, 4.69) is 5.32 Å². The van der Waals surface area contributed by atoms with Crippen molar-refractivity contribution in [3.63, 3.8) is 0 Å². The molecule has 0 radical (unpaired) electrons. The Morgan fingerprint density at radius 1 is 1.10 bits per heavy atom. The van der Waals surface area contributed by atoms with Crippen LogP contribution in [0.15, 0.2) is 48.5 Å². The van der Waals surface area contributed by atoms with Gasteiger partial charge in [-0.15, -0.1) is 0 Å². The number of amides is 2. The second-order valence-corrected chi connectivity index (χ2v) is 7.57. The van der Waals surface area contributed by atoms with Gasteiger partial charge in [-0.3, -0.25) is 9.59 Å². The molecule has 6 heteroatoms. The first-order valence-electron chi connectivity index (χ1n) is 9.85. The van der Waals surface area contributed by atoms with E-state index < -0.39 is 6.04 Å². The molecule has 0 aliphatic heterocycles. The SMILES string of the molecule is CC[C@@H](C)NC(=O)[C@@H](C)N(Cc1ccccc1C)C(=O)COc1ccccc1Cl. The second kappa shape index (κ2) is 10.9. The minimum Gasteiger partial charge on any atom is -0.482 e. The van der Waals surface area contributed by atoms with Gasteiger partial charge >= 0.3 is 0 Å². The Balaban J connectivity index is 2.18. The summed E-state index contributed by atoms with van der Waals surface area (Å²) in [6.07, 6.45) is 0.819. The maximum Gasteiger partial charge on any atom is 0.261 e. The third kappa shape index (κ3) is 6.50. The van der Waals surface area contributed by atoms with Crippen LogP contribution in [0.2, 0.25) is 5.02 Å². The van der Waals surface area contributed by atoms with Crippen molar-refractivity contribution in [1.82, 2.24) is 10.2 Å². The van der Waals surface area contributed by atoms with E-state index >= 15 is 0 Å². The molecule has 2 rings (SSSR count). The van der Waals surface area contributed by atoms with Crippen molar-refractivity contribution in [2.24, 2.45) is 0 Å². The Kier molecular flexibility index (Phi) is 8.52. The summed E-state index contributed by atoms with van der Waals surface area (Å²) < 4.78 is 5.62. The largest absolute Gasteiger partial charge is 0.482 e. The molecular weight excluding hydrogens is 388 g/mol. The maximum absolute atomic E-state index is 13.0. The first-order chi connectivity index (χ1) is 13.8. The van der Waals surface area contributed by atoms with Gasteiger partial charge in [0.05, 0.1) is 5.02 Å². The number of aryl methyl sites for hydroxylation is 1. The average Bonchev–Trinajstić information content (AvgIpc) is 2.71. The van der Waals surface area contributed by atoms with Crippen molar-refractivity contribution < 1.29 is 14.3 Å². The lowest BCUT2D eigenvalue weighted by atomic mass is 10.1. The number of ether oxygens (including phenoxy) is 1. The molecule has 2 aromatic rings. The maximum atomic E-state index is 13.0. The lowest BCUT2D eigenvalue weighted by Gasteiger charge is -2.30. The molecule has 0 unspecified atom stereocenters. The van der Waals surface area contributed by atoms with Crippen LogP contribution in [0, 0.1) is 6.92 Å². The van der Waals surface area contributed by atoms with E-state index in [-0.39, 0.29) is 24.5 Å². The third-order valence-corrected chi connectivity index (χ3v) is 5.27. The normalized spacial score (nSPS) is 12.7. The number of carbonyl (C=O) groups is 2. The van der Waals surface area contributed by atoms with Crippen LogP contribution < -0.4 is 10.1 Å². The number of hydrogen-bond acceptors (Lipinski definition) is 3. The van der Waals surface area contributed by atoms with Gasteiger partial charge in [-0.25, -0.2) is 0 Å². The molecule has 2 amide bonds. The highest BCUT2D eigenvalue weighted by molar-refractivity contribution is 6.32. The van der Waals surface area contributed by atoms with Crippen LogP contribution >= 0.6 is 11.6 Å². The predicted molar refractivity (Wildman–Crippen MR) is 116 cm³/mol. The molecule has 0 aliphatic carbocycles. The van der Waals surface area contributed by atoms with E-state index in [4.69, 9.17) is 16.3 Å². The van der Waals surface area contributed by atoms with Gasteiger partial charge in [-0.1, -0.05) is 54.9 Å². The molecule has 2 aromatic carbocycles. The van der Waals surface area contributed by atoms with Gasteiger partial charge < -0.3 is 15.0 Å². The van der Waals surface area contributed by atoms with E-state index in [1.54, 1.807) is 36.1 Å². The Morgan fingerprint density at radius 2 is 1.76 bits per heavy atom. The summed E-state index contributed by atoms with van der Waals surface area (Å²) in [5.74, 6) is -0.0194. The van der Waals surface area contributed by atoms with Crippen molar-refractivity contribution >= 4 is 23.4 Å². The van der Waals surface area contributed by atoms with Crippen molar-refractivity contribution in [2.45, 2.75) is 52.7 Å². The van der Waals surface area contributed by atoms with Gasteiger partial charge in [0, 0.05) is 12.6 Å². The first-order valence-corrected chi connectivity index (χ1v) is 10.2. The lowest BCUT2D eigenvalue weighted by Crippen LogP contribution is -2.50. The quantitative estimate of drug-likeness (QED) is 0.660. The molecule has 0 saturated carbocycles. The van der Waals surface area contributed by atoms with Gasteiger partial charge in [0.2, 0.25) is 5.91 Å². The number of benzene rings is 2. The fraction of sp³-hybridized carbons (Fsp3) is 0.391. The van der Waals surface area contributed by atoms with Gasteiger partial charge in [0.25, 0.3) is 5.91 Å². The first kappa shape index (κ1) is 22.8. The van der Waals surface area contributed by atoms with Crippen LogP contribution in [-0.4, -0.2) is 35.4 Å². The Bertz CT molecular complexity index is 840. The molecule has 2 atom stereocenters. The second-order valence-electron chi connectivity index (χ2n) is 7.16. The molecule has 29 heavy (non-hydrogen) atoms. The Morgan fingerprint density at radius 3 is 2.41 bits per heavy atom. The fourth-order valence-corrected chi connectivity index (χ4v) is 2.99. The minimum absolute atomic E-state index is 0.0414. The summed E-state index contributed by atoms with van der Waals surface area (Å²) in [6.45, 7) is 7.80.